The lowest BCUT2D eigenvalue weighted by Gasteiger charge is -2.44. The Morgan fingerprint density at radius 2 is 2.04 bits per heavy atom. The lowest BCUT2D eigenvalue weighted by molar-refractivity contribution is -0.0379. The van der Waals surface area contributed by atoms with Gasteiger partial charge in [0.25, 0.3) is 0 Å². The zero-order chi connectivity index (χ0) is 18.7. The number of anilines is 1. The maximum atomic E-state index is 12.3. The smallest absolute Gasteiger partial charge is 0.412 e. The maximum Gasteiger partial charge on any atom is 0.412 e. The molecule has 0 spiro atoms. The number of nitrogens with zero attached hydrogens (tertiary/aromatic N) is 1. The van der Waals surface area contributed by atoms with Crippen molar-refractivity contribution in [1.29, 1.82) is 0 Å². The second-order valence-electron chi connectivity index (χ2n) is 8.56. The Morgan fingerprint density at radius 1 is 1.32 bits per heavy atom. The summed E-state index contributed by atoms with van der Waals surface area (Å²) < 4.78 is 12.4. The van der Waals surface area contributed by atoms with Crippen molar-refractivity contribution >= 4 is 20.1 Å². The van der Waals surface area contributed by atoms with E-state index in [0.717, 1.165) is 19.3 Å². The monoisotopic (exact) mass is 364 g/mol. The predicted molar refractivity (Wildman–Crippen MR) is 103 cm³/mol. The van der Waals surface area contributed by atoms with E-state index in [1.54, 1.807) is 24.5 Å². The molecule has 6 heteroatoms. The minimum Gasteiger partial charge on any atom is -0.443 e. The fourth-order valence-electron chi connectivity index (χ4n) is 2.92. The first-order chi connectivity index (χ1) is 11.6. The zero-order valence-corrected chi connectivity index (χ0v) is 17.3. The molecule has 25 heavy (non-hydrogen) atoms. The quantitative estimate of drug-likeness (QED) is 0.745. The molecule has 1 aliphatic carbocycles. The van der Waals surface area contributed by atoms with E-state index in [2.05, 4.69) is 51.1 Å². The van der Waals surface area contributed by atoms with Crippen LogP contribution in [0.4, 0.5) is 10.5 Å². The molecule has 2 rings (SSSR count). The molecule has 1 amide bonds. The van der Waals surface area contributed by atoms with Gasteiger partial charge in [-0.15, -0.1) is 0 Å². The Labute approximate surface area is 152 Å². The minimum absolute atomic E-state index is 0.0238. The lowest BCUT2D eigenvalue weighted by atomic mass is 9.86. The molecule has 1 aromatic rings. The van der Waals surface area contributed by atoms with Gasteiger partial charge < -0.3 is 9.16 Å². The molecule has 1 aliphatic rings. The second-order valence-corrected chi connectivity index (χ2v) is 13.3. The molecule has 0 radical (unpaired) electrons. The molecule has 0 bridgehead atoms. The molecule has 0 aromatic carbocycles. The number of hydrogen-bond donors (Lipinski definition) is 1. The first kappa shape index (κ1) is 19.9. The van der Waals surface area contributed by atoms with E-state index in [-0.39, 0.29) is 17.2 Å². The number of rotatable bonds is 4. The van der Waals surface area contributed by atoms with Gasteiger partial charge in [0.2, 0.25) is 0 Å². The third kappa shape index (κ3) is 5.28. The number of pyridine rings is 1. The highest BCUT2D eigenvalue weighted by Crippen LogP contribution is 2.40. The van der Waals surface area contributed by atoms with E-state index in [1.807, 2.05) is 0 Å². The number of carbonyl (C=O) groups is 1. The Morgan fingerprint density at radius 3 is 2.64 bits per heavy atom. The molecule has 1 fully saturated rings. The molecule has 1 heterocycles. The van der Waals surface area contributed by atoms with Crippen LogP contribution in [0.1, 0.15) is 47.0 Å². The number of carbonyl (C=O) groups excluding carboxylic acids is 1. The third-order valence-electron chi connectivity index (χ3n) is 5.48. The molecule has 1 aromatic heterocycles. The van der Waals surface area contributed by atoms with Gasteiger partial charge in [-0.2, -0.15) is 0 Å². The van der Waals surface area contributed by atoms with Gasteiger partial charge in [0, 0.05) is 6.20 Å². The van der Waals surface area contributed by atoms with Gasteiger partial charge in [-0.3, -0.25) is 10.3 Å². The van der Waals surface area contributed by atoms with E-state index in [4.69, 9.17) is 9.16 Å². The standard InChI is InChI=1S/C19H32N2O3Si/c1-14-9-7-11-16(24-25(5,6)19(2,3)4)17(14)23-18(22)21-15-10-8-12-20-13-15/h8,10,12-14,16-17H,7,9,11H2,1-6H3,(H,21,22). The highest BCUT2D eigenvalue weighted by atomic mass is 28.4. The SMILES string of the molecule is CC1CCCC(O[Si](C)(C)C(C)(C)C)C1OC(=O)Nc1cccnc1. The van der Waals surface area contributed by atoms with Crippen molar-refractivity contribution < 1.29 is 14.0 Å². The van der Waals surface area contributed by atoms with Crippen molar-refractivity contribution in [2.75, 3.05) is 5.32 Å². The summed E-state index contributed by atoms with van der Waals surface area (Å²) in [6.07, 6.45) is 5.73. The van der Waals surface area contributed by atoms with Crippen LogP contribution in [0.2, 0.25) is 18.1 Å². The van der Waals surface area contributed by atoms with Gasteiger partial charge >= 0.3 is 6.09 Å². The number of hydrogen-bond acceptors (Lipinski definition) is 4. The van der Waals surface area contributed by atoms with Gasteiger partial charge in [-0.05, 0) is 49.0 Å². The first-order valence-electron chi connectivity index (χ1n) is 9.15. The van der Waals surface area contributed by atoms with E-state index < -0.39 is 14.4 Å². The van der Waals surface area contributed by atoms with E-state index in [1.165, 1.54) is 0 Å². The molecule has 1 saturated carbocycles. The summed E-state index contributed by atoms with van der Waals surface area (Å²) in [5, 5.41) is 2.89. The van der Waals surface area contributed by atoms with Gasteiger partial charge in [0.15, 0.2) is 8.32 Å². The van der Waals surface area contributed by atoms with Crippen LogP contribution in [-0.4, -0.2) is 31.6 Å². The minimum atomic E-state index is -1.91. The molecular formula is C19H32N2O3Si. The van der Waals surface area contributed by atoms with Crippen LogP contribution in [0, 0.1) is 5.92 Å². The van der Waals surface area contributed by atoms with Crippen LogP contribution in [0.25, 0.3) is 0 Å². The maximum absolute atomic E-state index is 12.3. The molecule has 140 valence electrons. The number of amides is 1. The van der Waals surface area contributed by atoms with Gasteiger partial charge in [0.05, 0.1) is 18.0 Å². The fraction of sp³-hybridized carbons (Fsp3) is 0.684. The summed E-state index contributed by atoms with van der Waals surface area (Å²) in [5.74, 6) is 0.295. The normalized spacial score (nSPS) is 24.6. The lowest BCUT2D eigenvalue weighted by Crippen LogP contribution is -2.51. The summed E-state index contributed by atoms with van der Waals surface area (Å²) in [5.41, 5.74) is 0.637. The van der Waals surface area contributed by atoms with Crippen molar-refractivity contribution in [3.63, 3.8) is 0 Å². The highest BCUT2D eigenvalue weighted by molar-refractivity contribution is 6.74. The van der Waals surface area contributed by atoms with Gasteiger partial charge in [-0.1, -0.05) is 34.1 Å². The second kappa shape index (κ2) is 7.87. The van der Waals surface area contributed by atoms with Crippen LogP contribution in [0.3, 0.4) is 0 Å². The number of ether oxygens (including phenoxy) is 1. The van der Waals surface area contributed by atoms with Crippen LogP contribution in [0.15, 0.2) is 24.5 Å². The molecule has 3 unspecified atom stereocenters. The van der Waals surface area contributed by atoms with Crippen molar-refractivity contribution in [2.24, 2.45) is 5.92 Å². The summed E-state index contributed by atoms with van der Waals surface area (Å²) in [4.78, 5) is 16.3. The third-order valence-corrected chi connectivity index (χ3v) is 9.98. The Kier molecular flexibility index (Phi) is 6.27. The molecule has 0 saturated heterocycles. The molecule has 1 N–H and O–H groups in total. The zero-order valence-electron chi connectivity index (χ0n) is 16.3. The summed E-state index contributed by atoms with van der Waals surface area (Å²) in [6.45, 7) is 13.3. The summed E-state index contributed by atoms with van der Waals surface area (Å²) in [7, 11) is -1.91. The van der Waals surface area contributed by atoms with Crippen molar-refractivity contribution in [1.82, 2.24) is 4.98 Å². The van der Waals surface area contributed by atoms with Crippen molar-refractivity contribution in [3.05, 3.63) is 24.5 Å². The van der Waals surface area contributed by atoms with Crippen LogP contribution in [0.5, 0.6) is 0 Å². The van der Waals surface area contributed by atoms with Crippen LogP contribution in [-0.2, 0) is 9.16 Å². The average Bonchev–Trinajstić information content (AvgIpc) is 2.50. The molecule has 3 atom stereocenters. The summed E-state index contributed by atoms with van der Waals surface area (Å²) in [6, 6.07) is 3.57. The van der Waals surface area contributed by atoms with Gasteiger partial charge in [0.1, 0.15) is 6.10 Å². The average molecular weight is 365 g/mol. The Balaban J connectivity index is 2.05. The topological polar surface area (TPSA) is 60.5 Å². The van der Waals surface area contributed by atoms with E-state index >= 15 is 0 Å². The number of aromatic nitrogens is 1. The highest BCUT2D eigenvalue weighted by Gasteiger charge is 2.43. The molecule has 5 nitrogen and oxygen atoms in total. The largest absolute Gasteiger partial charge is 0.443 e. The van der Waals surface area contributed by atoms with Crippen LogP contribution >= 0.6 is 0 Å². The van der Waals surface area contributed by atoms with Crippen molar-refractivity contribution in [3.8, 4) is 0 Å². The predicted octanol–water partition coefficient (Wildman–Crippen LogP) is 5.21. The molecule has 0 aliphatic heterocycles. The fourth-order valence-corrected chi connectivity index (χ4v) is 4.28. The number of nitrogens with one attached hydrogen (secondary N) is 1. The van der Waals surface area contributed by atoms with Crippen molar-refractivity contribution in [2.45, 2.75) is 77.3 Å². The summed E-state index contributed by atoms with van der Waals surface area (Å²) >= 11 is 0. The van der Waals surface area contributed by atoms with Crippen LogP contribution < -0.4 is 5.32 Å². The first-order valence-corrected chi connectivity index (χ1v) is 12.1. The van der Waals surface area contributed by atoms with Gasteiger partial charge in [-0.25, -0.2) is 4.79 Å². The Bertz CT molecular complexity index is 572. The van der Waals surface area contributed by atoms with E-state index in [9.17, 15) is 4.79 Å². The van der Waals surface area contributed by atoms with E-state index in [0.29, 0.717) is 11.6 Å². The Hall–Kier alpha value is -1.40. The molecular weight excluding hydrogens is 332 g/mol.